The maximum Gasteiger partial charge on any atom is 0.315 e. The Morgan fingerprint density at radius 1 is 1.13 bits per heavy atom. The number of hydrogen-bond acceptors (Lipinski definition) is 2. The average Bonchev–Trinajstić information content (AvgIpc) is 3.17. The molecule has 1 aromatic rings. The van der Waals surface area contributed by atoms with Crippen LogP contribution in [0.15, 0.2) is 30.3 Å². The van der Waals surface area contributed by atoms with E-state index in [2.05, 4.69) is 10.6 Å². The van der Waals surface area contributed by atoms with Crippen molar-refractivity contribution in [3.63, 3.8) is 0 Å². The number of urea groups is 1. The molecule has 2 atom stereocenters. The van der Waals surface area contributed by atoms with Crippen molar-refractivity contribution >= 4 is 11.9 Å². The van der Waals surface area contributed by atoms with Gasteiger partial charge in [-0.1, -0.05) is 43.2 Å². The Balaban J connectivity index is 1.53. The van der Waals surface area contributed by atoms with Gasteiger partial charge in [0.25, 0.3) is 0 Å². The molecule has 2 aliphatic rings. The summed E-state index contributed by atoms with van der Waals surface area (Å²) in [7, 11) is 0. The highest BCUT2D eigenvalue weighted by Crippen LogP contribution is 2.25. The van der Waals surface area contributed by atoms with Crippen LogP contribution in [-0.4, -0.2) is 35.5 Å². The zero-order chi connectivity index (χ0) is 16.2. The van der Waals surface area contributed by atoms with Gasteiger partial charge in [-0.05, 0) is 25.3 Å². The minimum Gasteiger partial charge on any atom is -0.335 e. The number of nitrogens with one attached hydrogen (secondary N) is 2. The normalized spacial score (nSPS) is 23.1. The van der Waals surface area contributed by atoms with E-state index < -0.39 is 0 Å². The first-order valence-electron chi connectivity index (χ1n) is 8.55. The van der Waals surface area contributed by atoms with Crippen LogP contribution in [-0.2, 0) is 4.79 Å². The predicted molar refractivity (Wildman–Crippen MR) is 88.9 cm³/mol. The fraction of sp³-hybridized carbons (Fsp3) is 0.556. The van der Waals surface area contributed by atoms with Crippen molar-refractivity contribution in [3.8, 4) is 0 Å². The van der Waals surface area contributed by atoms with E-state index in [1.807, 2.05) is 42.2 Å². The summed E-state index contributed by atoms with van der Waals surface area (Å²) in [6.45, 7) is 2.61. The molecule has 1 aliphatic heterocycles. The third kappa shape index (κ3) is 3.84. The SMILES string of the molecule is CC(c1ccccc1)N1CC(NC(=O)NC2CCCC2)CC1=O. The van der Waals surface area contributed by atoms with E-state index >= 15 is 0 Å². The molecule has 1 saturated heterocycles. The van der Waals surface area contributed by atoms with E-state index in [1.165, 1.54) is 12.8 Å². The quantitative estimate of drug-likeness (QED) is 0.897. The maximum absolute atomic E-state index is 12.3. The molecule has 3 amide bonds. The molecule has 1 aromatic carbocycles. The van der Waals surface area contributed by atoms with E-state index in [0.717, 1.165) is 18.4 Å². The molecule has 2 N–H and O–H groups in total. The fourth-order valence-corrected chi connectivity index (χ4v) is 3.60. The highest BCUT2D eigenvalue weighted by molar-refractivity contribution is 5.82. The summed E-state index contributed by atoms with van der Waals surface area (Å²) in [6, 6.07) is 10.1. The maximum atomic E-state index is 12.3. The van der Waals surface area contributed by atoms with Crippen LogP contribution >= 0.6 is 0 Å². The van der Waals surface area contributed by atoms with Gasteiger partial charge in [-0.25, -0.2) is 4.79 Å². The second-order valence-corrected chi connectivity index (χ2v) is 6.63. The summed E-state index contributed by atoms with van der Waals surface area (Å²) in [6.07, 6.45) is 4.89. The average molecular weight is 315 g/mol. The summed E-state index contributed by atoms with van der Waals surface area (Å²) in [5, 5.41) is 5.98. The van der Waals surface area contributed by atoms with Crippen LogP contribution in [0.1, 0.15) is 50.6 Å². The van der Waals surface area contributed by atoms with Crippen molar-refractivity contribution in [1.82, 2.24) is 15.5 Å². The topological polar surface area (TPSA) is 61.4 Å². The van der Waals surface area contributed by atoms with Gasteiger partial charge in [0.15, 0.2) is 0 Å². The zero-order valence-electron chi connectivity index (χ0n) is 13.6. The third-order valence-electron chi connectivity index (χ3n) is 4.93. The Labute approximate surface area is 137 Å². The predicted octanol–water partition coefficient (Wildman–Crippen LogP) is 2.59. The van der Waals surface area contributed by atoms with Gasteiger partial charge in [-0.15, -0.1) is 0 Å². The second kappa shape index (κ2) is 7.02. The van der Waals surface area contributed by atoms with Crippen molar-refractivity contribution < 1.29 is 9.59 Å². The molecule has 0 spiro atoms. The van der Waals surface area contributed by atoms with Crippen LogP contribution < -0.4 is 10.6 Å². The molecule has 2 unspecified atom stereocenters. The molecule has 1 saturated carbocycles. The Morgan fingerprint density at radius 2 is 1.78 bits per heavy atom. The van der Waals surface area contributed by atoms with Gasteiger partial charge in [0.05, 0.1) is 12.1 Å². The lowest BCUT2D eigenvalue weighted by atomic mass is 10.1. The van der Waals surface area contributed by atoms with Gasteiger partial charge in [-0.2, -0.15) is 0 Å². The second-order valence-electron chi connectivity index (χ2n) is 6.63. The molecule has 3 rings (SSSR count). The fourth-order valence-electron chi connectivity index (χ4n) is 3.60. The lowest BCUT2D eigenvalue weighted by Gasteiger charge is -2.25. The first-order valence-corrected chi connectivity index (χ1v) is 8.55. The molecule has 1 heterocycles. The minimum absolute atomic E-state index is 0.0355. The molecule has 2 fully saturated rings. The van der Waals surface area contributed by atoms with Crippen molar-refractivity contribution in [2.75, 3.05) is 6.54 Å². The first kappa shape index (κ1) is 15.8. The summed E-state index contributed by atoms with van der Waals surface area (Å²) >= 11 is 0. The molecule has 0 aromatic heterocycles. The monoisotopic (exact) mass is 315 g/mol. The van der Waals surface area contributed by atoms with Gasteiger partial charge in [0, 0.05) is 19.0 Å². The van der Waals surface area contributed by atoms with Crippen LogP contribution in [0.3, 0.4) is 0 Å². The molecule has 5 heteroatoms. The number of likely N-dealkylation sites (tertiary alicyclic amines) is 1. The number of amides is 3. The number of carbonyl (C=O) groups excluding carboxylic acids is 2. The van der Waals surface area contributed by atoms with Crippen LogP contribution in [0.5, 0.6) is 0 Å². The lowest BCUT2D eigenvalue weighted by molar-refractivity contribution is -0.129. The highest BCUT2D eigenvalue weighted by Gasteiger charge is 2.34. The number of rotatable bonds is 4. The number of benzene rings is 1. The van der Waals surface area contributed by atoms with Crippen LogP contribution in [0.25, 0.3) is 0 Å². The Hall–Kier alpha value is -2.04. The molecule has 23 heavy (non-hydrogen) atoms. The summed E-state index contributed by atoms with van der Waals surface area (Å²) in [5.74, 6) is 0.104. The van der Waals surface area contributed by atoms with E-state index in [9.17, 15) is 9.59 Å². The van der Waals surface area contributed by atoms with Gasteiger partial charge in [-0.3, -0.25) is 4.79 Å². The first-order chi connectivity index (χ1) is 11.1. The van der Waals surface area contributed by atoms with Gasteiger partial charge in [0.1, 0.15) is 0 Å². The van der Waals surface area contributed by atoms with Crippen LogP contribution in [0, 0.1) is 0 Å². The van der Waals surface area contributed by atoms with Gasteiger partial charge < -0.3 is 15.5 Å². The van der Waals surface area contributed by atoms with Crippen LogP contribution in [0.4, 0.5) is 4.79 Å². The molecule has 124 valence electrons. The minimum atomic E-state index is -0.135. The van der Waals surface area contributed by atoms with Crippen molar-refractivity contribution in [1.29, 1.82) is 0 Å². The zero-order valence-corrected chi connectivity index (χ0v) is 13.6. The van der Waals surface area contributed by atoms with Gasteiger partial charge >= 0.3 is 6.03 Å². The number of hydrogen-bond donors (Lipinski definition) is 2. The molecule has 5 nitrogen and oxygen atoms in total. The van der Waals surface area contributed by atoms with E-state index in [1.54, 1.807) is 0 Å². The molecule has 1 aliphatic carbocycles. The summed E-state index contributed by atoms with van der Waals surface area (Å²) in [5.41, 5.74) is 1.12. The van der Waals surface area contributed by atoms with E-state index in [4.69, 9.17) is 0 Å². The molecule has 0 bridgehead atoms. The van der Waals surface area contributed by atoms with Crippen molar-refractivity contribution in [3.05, 3.63) is 35.9 Å². The van der Waals surface area contributed by atoms with Crippen LogP contribution in [0.2, 0.25) is 0 Å². The van der Waals surface area contributed by atoms with Gasteiger partial charge in [0.2, 0.25) is 5.91 Å². The molecular weight excluding hydrogens is 290 g/mol. The van der Waals surface area contributed by atoms with Crippen molar-refractivity contribution in [2.24, 2.45) is 0 Å². The van der Waals surface area contributed by atoms with E-state index in [0.29, 0.717) is 19.0 Å². The summed E-state index contributed by atoms with van der Waals surface area (Å²) < 4.78 is 0. The Morgan fingerprint density at radius 3 is 2.48 bits per heavy atom. The number of nitrogens with zero attached hydrogens (tertiary/aromatic N) is 1. The Kier molecular flexibility index (Phi) is 4.84. The Bertz CT molecular complexity index is 555. The third-order valence-corrected chi connectivity index (χ3v) is 4.93. The number of carbonyl (C=O) groups is 2. The molecular formula is C18H25N3O2. The van der Waals surface area contributed by atoms with E-state index in [-0.39, 0.29) is 24.0 Å². The highest BCUT2D eigenvalue weighted by atomic mass is 16.2. The standard InChI is InChI=1S/C18H25N3O2/c1-13(14-7-3-2-4-8-14)21-12-16(11-17(21)22)20-18(23)19-15-9-5-6-10-15/h2-4,7-8,13,15-16H,5-6,9-12H2,1H3,(H2,19,20,23). The largest absolute Gasteiger partial charge is 0.335 e. The lowest BCUT2D eigenvalue weighted by Crippen LogP contribution is -2.46. The van der Waals surface area contributed by atoms with Crippen molar-refractivity contribution in [2.45, 2.75) is 57.2 Å². The smallest absolute Gasteiger partial charge is 0.315 e. The molecule has 0 radical (unpaired) electrons. The summed E-state index contributed by atoms with van der Waals surface area (Å²) in [4.78, 5) is 26.2.